The molecule has 1 rings (SSSR count). The molecule has 0 atom stereocenters. The second-order valence-electron chi connectivity index (χ2n) is 5.34. The Kier molecular flexibility index (Phi) is 5.34. The zero-order chi connectivity index (χ0) is 14.5. The summed E-state index contributed by atoms with van der Waals surface area (Å²) in [5.41, 5.74) is 0.467. The van der Waals surface area contributed by atoms with Crippen LogP contribution in [0, 0.1) is 5.41 Å². The molecule has 1 aromatic carbocycles. The van der Waals surface area contributed by atoms with Crippen molar-refractivity contribution in [3.05, 3.63) is 29.8 Å². The summed E-state index contributed by atoms with van der Waals surface area (Å²) in [6.07, 6.45) is 0. The first-order valence-electron chi connectivity index (χ1n) is 5.93. The predicted molar refractivity (Wildman–Crippen MR) is 74.4 cm³/mol. The van der Waals surface area contributed by atoms with Crippen molar-refractivity contribution in [1.82, 2.24) is 0 Å². The highest BCUT2D eigenvalue weighted by Crippen LogP contribution is 2.21. The Bertz CT molecular complexity index is 511. The van der Waals surface area contributed by atoms with Crippen molar-refractivity contribution in [2.24, 2.45) is 10.6 Å². The minimum Gasteiger partial charge on any atom is -0.493 e. The molecule has 0 spiro atoms. The van der Waals surface area contributed by atoms with Crippen LogP contribution < -0.4 is 9.88 Å². The quantitative estimate of drug-likeness (QED) is 0.825. The summed E-state index contributed by atoms with van der Waals surface area (Å²) in [6, 6.07) is 7.50. The van der Waals surface area contributed by atoms with Gasteiger partial charge in [0.1, 0.15) is 5.75 Å². The lowest BCUT2D eigenvalue weighted by Crippen LogP contribution is -2.33. The number of rotatable bonds is 7. The Hall–Kier alpha value is -1.11. The number of nitrogens with two attached hydrogens (primary N) is 1. The monoisotopic (exact) mass is 287 g/mol. The van der Waals surface area contributed by atoms with E-state index in [0.717, 1.165) is 5.56 Å². The van der Waals surface area contributed by atoms with Crippen molar-refractivity contribution in [3.8, 4) is 5.75 Å². The molecular weight excluding hydrogens is 266 g/mol. The van der Waals surface area contributed by atoms with E-state index in [-0.39, 0.29) is 12.4 Å². The first-order valence-corrected chi connectivity index (χ1v) is 7.64. The first-order chi connectivity index (χ1) is 8.72. The molecule has 0 aliphatic carbocycles. The van der Waals surface area contributed by atoms with Gasteiger partial charge >= 0.3 is 0 Å². The van der Waals surface area contributed by atoms with Gasteiger partial charge in [-0.3, -0.25) is 0 Å². The van der Waals surface area contributed by atoms with Gasteiger partial charge in [-0.15, -0.1) is 0 Å². The number of ether oxygens (including phenoxy) is 2. The molecule has 0 amide bonds. The van der Waals surface area contributed by atoms with E-state index < -0.39 is 15.4 Å². The van der Waals surface area contributed by atoms with Gasteiger partial charge < -0.3 is 9.47 Å². The fraction of sp³-hybridized carbons (Fsp3) is 0.538. The topological polar surface area (TPSA) is 78.6 Å². The van der Waals surface area contributed by atoms with Crippen LogP contribution >= 0.6 is 0 Å². The molecule has 108 valence electrons. The molecule has 0 fully saturated rings. The average Bonchev–Trinajstić information content (AvgIpc) is 2.24. The van der Waals surface area contributed by atoms with E-state index in [9.17, 15) is 8.42 Å². The third-order valence-electron chi connectivity index (χ3n) is 2.43. The maximum Gasteiger partial charge on any atom is 0.209 e. The molecule has 0 bridgehead atoms. The van der Waals surface area contributed by atoms with Crippen LogP contribution in [-0.4, -0.2) is 27.9 Å². The Morgan fingerprint density at radius 3 is 2.58 bits per heavy atom. The van der Waals surface area contributed by atoms with Gasteiger partial charge in [0.05, 0.1) is 19.0 Å². The smallest absolute Gasteiger partial charge is 0.209 e. The summed E-state index contributed by atoms with van der Waals surface area (Å²) in [5, 5.41) is 5.05. The molecule has 0 unspecified atom stereocenters. The van der Waals surface area contributed by atoms with Crippen LogP contribution in [0.4, 0.5) is 0 Å². The van der Waals surface area contributed by atoms with Crippen molar-refractivity contribution in [2.75, 3.05) is 19.5 Å². The Morgan fingerprint density at radius 2 is 2.00 bits per heavy atom. The Labute approximate surface area is 114 Å². The summed E-state index contributed by atoms with van der Waals surface area (Å²) in [6.45, 7) is 4.39. The largest absolute Gasteiger partial charge is 0.493 e. The summed E-state index contributed by atoms with van der Waals surface area (Å²) in [5.74, 6) is 0.578. The fourth-order valence-electron chi connectivity index (χ4n) is 1.76. The zero-order valence-electron chi connectivity index (χ0n) is 11.5. The fourth-order valence-corrected chi connectivity index (χ4v) is 2.93. The molecule has 0 saturated heterocycles. The van der Waals surface area contributed by atoms with E-state index in [1.165, 1.54) is 0 Å². The van der Waals surface area contributed by atoms with Crippen LogP contribution in [-0.2, 0) is 21.4 Å². The lowest BCUT2D eigenvalue weighted by atomic mass is 9.98. The zero-order valence-corrected chi connectivity index (χ0v) is 12.4. The van der Waals surface area contributed by atoms with E-state index in [2.05, 4.69) is 0 Å². The third kappa shape index (κ3) is 6.56. The molecule has 0 saturated carbocycles. The maximum atomic E-state index is 11.1. The van der Waals surface area contributed by atoms with Gasteiger partial charge in [-0.05, 0) is 17.7 Å². The van der Waals surface area contributed by atoms with Crippen molar-refractivity contribution in [1.29, 1.82) is 0 Å². The first kappa shape index (κ1) is 15.9. The van der Waals surface area contributed by atoms with Gasteiger partial charge in [-0.2, -0.15) is 0 Å². The van der Waals surface area contributed by atoms with E-state index >= 15 is 0 Å². The molecule has 2 N–H and O–H groups in total. The van der Waals surface area contributed by atoms with Crippen LogP contribution in [0.5, 0.6) is 5.75 Å². The normalized spacial score (nSPS) is 12.4. The lowest BCUT2D eigenvalue weighted by molar-refractivity contribution is 0.182. The van der Waals surface area contributed by atoms with Crippen LogP contribution in [0.3, 0.4) is 0 Å². The second kappa shape index (κ2) is 6.36. The number of primary sulfonamides is 1. The lowest BCUT2D eigenvalue weighted by Gasteiger charge is -2.23. The Balaban J connectivity index is 2.63. The van der Waals surface area contributed by atoms with Crippen LogP contribution in [0.25, 0.3) is 0 Å². The molecule has 1 aromatic rings. The SMILES string of the molecule is COCc1cccc(OCC(C)(C)CS(N)(=O)=O)c1. The molecule has 6 heteroatoms. The molecule has 19 heavy (non-hydrogen) atoms. The van der Waals surface area contributed by atoms with Crippen LogP contribution in [0.15, 0.2) is 24.3 Å². The number of sulfonamides is 1. The number of hydrogen-bond donors (Lipinski definition) is 1. The predicted octanol–water partition coefficient (Wildman–Crippen LogP) is 1.53. The van der Waals surface area contributed by atoms with Crippen LogP contribution in [0.2, 0.25) is 0 Å². The maximum absolute atomic E-state index is 11.1. The van der Waals surface area contributed by atoms with Gasteiger partial charge in [0.15, 0.2) is 0 Å². The Morgan fingerprint density at radius 1 is 1.32 bits per heavy atom. The molecule has 0 heterocycles. The molecule has 0 radical (unpaired) electrons. The third-order valence-corrected chi connectivity index (χ3v) is 3.61. The number of methoxy groups -OCH3 is 1. The highest BCUT2D eigenvalue weighted by molar-refractivity contribution is 7.89. The minimum atomic E-state index is -3.50. The van der Waals surface area contributed by atoms with Gasteiger partial charge in [-0.25, -0.2) is 13.6 Å². The highest BCUT2D eigenvalue weighted by atomic mass is 32.2. The molecule has 0 aliphatic heterocycles. The van der Waals surface area contributed by atoms with Gasteiger partial charge in [0.25, 0.3) is 0 Å². The standard InChI is InChI=1S/C13H21NO4S/c1-13(2,10-19(14,15)16)9-18-12-6-4-5-11(7-12)8-17-3/h4-7H,8-10H2,1-3H3,(H2,14,15,16). The van der Waals surface area contributed by atoms with Crippen molar-refractivity contribution >= 4 is 10.0 Å². The van der Waals surface area contributed by atoms with Gasteiger partial charge in [0, 0.05) is 12.5 Å². The van der Waals surface area contributed by atoms with E-state index in [4.69, 9.17) is 14.6 Å². The number of benzene rings is 1. The second-order valence-corrected chi connectivity index (χ2v) is 6.95. The summed E-state index contributed by atoms with van der Waals surface area (Å²) in [4.78, 5) is 0. The van der Waals surface area contributed by atoms with E-state index in [1.807, 2.05) is 24.3 Å². The van der Waals surface area contributed by atoms with Gasteiger partial charge in [0.2, 0.25) is 10.0 Å². The number of hydrogen-bond acceptors (Lipinski definition) is 4. The van der Waals surface area contributed by atoms with E-state index in [1.54, 1.807) is 21.0 Å². The molecule has 0 aromatic heterocycles. The summed E-state index contributed by atoms with van der Waals surface area (Å²) < 4.78 is 32.9. The van der Waals surface area contributed by atoms with Gasteiger partial charge in [-0.1, -0.05) is 26.0 Å². The molecule has 0 aliphatic rings. The van der Waals surface area contributed by atoms with Crippen LogP contribution in [0.1, 0.15) is 19.4 Å². The molecule has 5 nitrogen and oxygen atoms in total. The average molecular weight is 287 g/mol. The molecular formula is C13H21NO4S. The van der Waals surface area contributed by atoms with Crippen molar-refractivity contribution < 1.29 is 17.9 Å². The minimum absolute atomic E-state index is 0.113. The van der Waals surface area contributed by atoms with Crippen molar-refractivity contribution in [3.63, 3.8) is 0 Å². The summed E-state index contributed by atoms with van der Waals surface area (Å²) >= 11 is 0. The van der Waals surface area contributed by atoms with E-state index in [0.29, 0.717) is 12.4 Å². The highest BCUT2D eigenvalue weighted by Gasteiger charge is 2.25. The van der Waals surface area contributed by atoms with Crippen molar-refractivity contribution in [2.45, 2.75) is 20.5 Å². The summed E-state index contributed by atoms with van der Waals surface area (Å²) in [7, 11) is -1.88.